The molecule has 26 heavy (non-hydrogen) atoms. The molecule has 0 radical (unpaired) electrons. The normalized spacial score (nSPS) is 20.9. The number of carbonyl (C=O) groups is 2. The van der Waals surface area contributed by atoms with Gasteiger partial charge in [-0.05, 0) is 68.5 Å². The quantitative estimate of drug-likeness (QED) is 0.166. The van der Waals surface area contributed by atoms with Crippen LogP contribution < -0.4 is 10.2 Å². The van der Waals surface area contributed by atoms with Crippen molar-refractivity contribution in [3.05, 3.63) is 23.8 Å². The summed E-state index contributed by atoms with van der Waals surface area (Å²) in [6.45, 7) is 9.73. The van der Waals surface area contributed by atoms with E-state index in [9.17, 15) is 9.59 Å². The van der Waals surface area contributed by atoms with E-state index in [0.29, 0.717) is 24.1 Å². The van der Waals surface area contributed by atoms with E-state index < -0.39 is 12.0 Å². The minimum atomic E-state index is -0.608. The van der Waals surface area contributed by atoms with Crippen LogP contribution in [-0.2, 0) is 9.53 Å². The van der Waals surface area contributed by atoms with Crippen molar-refractivity contribution in [1.29, 1.82) is 0 Å². The second-order valence-corrected chi connectivity index (χ2v) is 7.24. The molecule has 0 bridgehead atoms. The third kappa shape index (κ3) is 8.53. The Morgan fingerprint density at radius 3 is 2.88 bits per heavy atom. The fourth-order valence-corrected chi connectivity index (χ4v) is 3.68. The Morgan fingerprint density at radius 1 is 1.46 bits per heavy atom. The van der Waals surface area contributed by atoms with E-state index in [1.165, 1.54) is 30.2 Å². The number of ether oxygens (including phenoxy) is 1. The third-order valence-electron chi connectivity index (χ3n) is 4.70. The number of hydroxylamine groups is 1. The number of allylic oxidation sites excluding steroid dienone is 1. The summed E-state index contributed by atoms with van der Waals surface area (Å²) in [5.74, 6) is 1.37. The van der Waals surface area contributed by atoms with Gasteiger partial charge < -0.3 is 4.74 Å². The molecule has 0 heterocycles. The lowest BCUT2D eigenvalue weighted by atomic mass is 9.89. The fourth-order valence-electron chi connectivity index (χ4n) is 3.17. The molecule has 2 amide bonds. The molecule has 1 aliphatic carbocycles. The number of rotatable bonds is 11. The van der Waals surface area contributed by atoms with Crippen LogP contribution in [0, 0.1) is 17.8 Å². The molecule has 1 rings (SSSR count). The second kappa shape index (κ2) is 12.5. The number of nitrogens with zero attached hydrogens (tertiary/aromatic N) is 1. The molecule has 0 aromatic rings. The van der Waals surface area contributed by atoms with Crippen LogP contribution in [0.5, 0.6) is 0 Å². The number of nitrogens with one attached hydrogen (secondary N) is 2. The maximum absolute atomic E-state index is 11.7. The van der Waals surface area contributed by atoms with Crippen LogP contribution in [0.25, 0.3) is 0 Å². The Bertz CT molecular complexity index is 525. The topological polar surface area (TPSA) is 100 Å². The molecule has 1 saturated carbocycles. The summed E-state index contributed by atoms with van der Waals surface area (Å²) in [6, 6.07) is 0. The molecule has 0 saturated heterocycles. The molecule has 0 aromatic heterocycles. The molecule has 0 aliphatic heterocycles. The maximum atomic E-state index is 11.7. The molecule has 8 heteroatoms. The summed E-state index contributed by atoms with van der Waals surface area (Å²) >= 11 is 0.945. The Hall–Kier alpha value is -1.80. The standard InChI is InChI=1S/C18H29N3O4S/c1-4-5-14-6-7-15(10-14)13(2)8-9-25-18(23)21-26-12-16(19-3)11-17(22)20-24/h4,12-15,24H,1,3,5-11H2,2H3,(H,20,22)(H,21,23)/b16-12-. The zero-order valence-corrected chi connectivity index (χ0v) is 16.1. The van der Waals surface area contributed by atoms with Gasteiger partial charge in [0, 0.05) is 5.41 Å². The van der Waals surface area contributed by atoms with Crippen LogP contribution in [0.15, 0.2) is 28.8 Å². The highest BCUT2D eigenvalue weighted by atomic mass is 32.2. The van der Waals surface area contributed by atoms with E-state index >= 15 is 0 Å². The fraction of sp³-hybridized carbons (Fsp3) is 0.611. The Morgan fingerprint density at radius 2 is 2.23 bits per heavy atom. The van der Waals surface area contributed by atoms with Crippen LogP contribution in [0.1, 0.15) is 45.4 Å². The van der Waals surface area contributed by atoms with Gasteiger partial charge in [0.2, 0.25) is 5.91 Å². The lowest BCUT2D eigenvalue weighted by molar-refractivity contribution is -0.128. The van der Waals surface area contributed by atoms with Crippen molar-refractivity contribution < 1.29 is 19.5 Å². The summed E-state index contributed by atoms with van der Waals surface area (Å²) in [5, 5.41) is 9.93. The van der Waals surface area contributed by atoms with Gasteiger partial charge >= 0.3 is 6.09 Å². The number of hydrogen-bond donors (Lipinski definition) is 3. The van der Waals surface area contributed by atoms with Crippen molar-refractivity contribution in [2.24, 2.45) is 22.7 Å². The molecule has 1 fully saturated rings. The van der Waals surface area contributed by atoms with Gasteiger partial charge in [0.25, 0.3) is 0 Å². The molecule has 0 aromatic carbocycles. The number of carbonyl (C=O) groups excluding carboxylic acids is 2. The smallest absolute Gasteiger partial charge is 0.417 e. The van der Waals surface area contributed by atoms with Crippen LogP contribution in [0.3, 0.4) is 0 Å². The van der Waals surface area contributed by atoms with Gasteiger partial charge in [0.05, 0.1) is 18.7 Å². The van der Waals surface area contributed by atoms with Crippen LogP contribution >= 0.6 is 11.9 Å². The zero-order valence-electron chi connectivity index (χ0n) is 15.3. The van der Waals surface area contributed by atoms with Gasteiger partial charge in [-0.2, -0.15) is 0 Å². The molecular formula is C18H29N3O4S. The molecule has 1 aliphatic rings. The molecule has 3 atom stereocenters. The third-order valence-corrected chi connectivity index (χ3v) is 5.37. The predicted octanol–water partition coefficient (Wildman–Crippen LogP) is 3.82. The Kier molecular flexibility index (Phi) is 10.7. The van der Waals surface area contributed by atoms with Gasteiger partial charge in [0.15, 0.2) is 0 Å². The second-order valence-electron chi connectivity index (χ2n) is 6.56. The minimum Gasteiger partial charge on any atom is -0.449 e. The van der Waals surface area contributed by atoms with E-state index in [4.69, 9.17) is 9.94 Å². The lowest BCUT2D eigenvalue weighted by Crippen LogP contribution is -2.20. The van der Waals surface area contributed by atoms with E-state index in [1.54, 1.807) is 0 Å². The molecule has 3 N–H and O–H groups in total. The Balaban J connectivity index is 2.21. The van der Waals surface area contributed by atoms with Gasteiger partial charge in [-0.3, -0.25) is 19.7 Å². The highest BCUT2D eigenvalue weighted by molar-refractivity contribution is 8.00. The number of hydrogen-bond acceptors (Lipinski definition) is 6. The van der Waals surface area contributed by atoms with Crippen LogP contribution in [0.4, 0.5) is 4.79 Å². The number of aliphatic imine (C=N–C) groups is 1. The van der Waals surface area contributed by atoms with E-state index in [0.717, 1.165) is 30.7 Å². The summed E-state index contributed by atoms with van der Waals surface area (Å²) in [4.78, 5) is 26.3. The highest BCUT2D eigenvalue weighted by Crippen LogP contribution is 2.38. The number of amides is 2. The van der Waals surface area contributed by atoms with Crippen LogP contribution in [0.2, 0.25) is 0 Å². The maximum Gasteiger partial charge on any atom is 0.417 e. The molecule has 7 nitrogen and oxygen atoms in total. The monoisotopic (exact) mass is 383 g/mol. The summed E-state index contributed by atoms with van der Waals surface area (Å²) in [5.41, 5.74) is 1.83. The summed E-state index contributed by atoms with van der Waals surface area (Å²) in [7, 11) is 0. The van der Waals surface area contributed by atoms with E-state index in [1.807, 2.05) is 6.08 Å². The first kappa shape index (κ1) is 22.2. The lowest BCUT2D eigenvalue weighted by Gasteiger charge is -2.19. The largest absolute Gasteiger partial charge is 0.449 e. The van der Waals surface area contributed by atoms with Gasteiger partial charge in [-0.1, -0.05) is 13.0 Å². The van der Waals surface area contributed by atoms with E-state index in [-0.39, 0.29) is 6.42 Å². The molecule has 0 spiro atoms. The zero-order chi connectivity index (χ0) is 19.4. The van der Waals surface area contributed by atoms with Gasteiger partial charge in [0.1, 0.15) is 0 Å². The van der Waals surface area contributed by atoms with Gasteiger partial charge in [-0.25, -0.2) is 10.3 Å². The first-order valence-electron chi connectivity index (χ1n) is 8.78. The average molecular weight is 384 g/mol. The van der Waals surface area contributed by atoms with Crippen molar-refractivity contribution >= 4 is 30.7 Å². The van der Waals surface area contributed by atoms with Crippen molar-refractivity contribution in [1.82, 2.24) is 10.2 Å². The predicted molar refractivity (Wildman–Crippen MR) is 104 cm³/mol. The van der Waals surface area contributed by atoms with E-state index in [2.05, 4.69) is 29.9 Å². The summed E-state index contributed by atoms with van der Waals surface area (Å²) < 4.78 is 7.67. The van der Waals surface area contributed by atoms with Crippen molar-refractivity contribution in [3.8, 4) is 0 Å². The highest BCUT2D eigenvalue weighted by Gasteiger charge is 2.27. The minimum absolute atomic E-state index is 0.129. The molecule has 146 valence electrons. The van der Waals surface area contributed by atoms with Crippen molar-refractivity contribution in [2.75, 3.05) is 6.61 Å². The van der Waals surface area contributed by atoms with Crippen LogP contribution in [-0.4, -0.2) is 30.5 Å². The molecule has 3 unspecified atom stereocenters. The Labute approximate surface area is 159 Å². The first-order valence-corrected chi connectivity index (χ1v) is 9.66. The molecular weight excluding hydrogens is 354 g/mol. The first-order chi connectivity index (χ1) is 12.5. The average Bonchev–Trinajstić information content (AvgIpc) is 3.09. The van der Waals surface area contributed by atoms with Gasteiger partial charge in [-0.15, -0.1) is 6.58 Å². The SMILES string of the molecule is C=CCC1CCC(C(C)CCOC(=O)NS/C=C(/CC(=O)NO)N=C)C1. The summed E-state index contributed by atoms with van der Waals surface area (Å²) in [6.07, 6.45) is 7.01. The van der Waals surface area contributed by atoms with Crippen molar-refractivity contribution in [2.45, 2.75) is 45.4 Å². The van der Waals surface area contributed by atoms with Crippen molar-refractivity contribution in [3.63, 3.8) is 0 Å².